The van der Waals surface area contributed by atoms with E-state index >= 15 is 0 Å². The molecule has 0 spiro atoms. The van der Waals surface area contributed by atoms with Gasteiger partial charge in [-0.3, -0.25) is 14.7 Å². The van der Waals surface area contributed by atoms with Gasteiger partial charge in [-0.15, -0.1) is 0 Å². The van der Waals surface area contributed by atoms with E-state index in [1.807, 2.05) is 9.80 Å². The fraction of sp³-hybridized carbons (Fsp3) is 0.450. The predicted octanol–water partition coefficient (Wildman–Crippen LogP) is 2.00. The van der Waals surface area contributed by atoms with Gasteiger partial charge in [-0.25, -0.2) is 0 Å². The maximum atomic E-state index is 12.7. The van der Waals surface area contributed by atoms with Crippen LogP contribution in [0.4, 0.5) is 0 Å². The van der Waals surface area contributed by atoms with Crippen LogP contribution in [-0.4, -0.2) is 58.1 Å². The molecule has 2 aliphatic heterocycles. The number of amides is 2. The van der Waals surface area contributed by atoms with Crippen molar-refractivity contribution >= 4 is 11.8 Å². The normalized spacial score (nSPS) is 16.7. The number of nitrogens with zero attached hydrogens (tertiary/aromatic N) is 3. The highest BCUT2D eigenvalue weighted by Gasteiger charge is 2.23. The lowest BCUT2D eigenvalue weighted by Gasteiger charge is -2.27. The van der Waals surface area contributed by atoms with E-state index in [-0.39, 0.29) is 18.4 Å². The monoisotopic (exact) mass is 368 g/mol. The number of carbonyl (C=O) groups is 2. The number of likely N-dealkylation sites (tertiary alicyclic amines) is 1. The average Bonchev–Trinajstić information content (AvgIpc) is 3.20. The summed E-state index contributed by atoms with van der Waals surface area (Å²) in [6, 6.07) is 7.02. The SMILES string of the molecule is O=C(COc1ccc(C(=O)N2CCc3[nH]ncc3C2)cc1)N1CCCCC1. The number of nitrogens with one attached hydrogen (secondary N) is 1. The van der Waals surface area contributed by atoms with Gasteiger partial charge < -0.3 is 14.5 Å². The molecule has 2 aromatic rings. The molecule has 3 heterocycles. The molecule has 1 aromatic carbocycles. The zero-order valence-corrected chi connectivity index (χ0v) is 15.3. The van der Waals surface area contributed by atoms with E-state index in [2.05, 4.69) is 10.2 Å². The first kappa shape index (κ1) is 17.6. The van der Waals surface area contributed by atoms with Crippen LogP contribution in [-0.2, 0) is 17.8 Å². The molecule has 0 saturated carbocycles. The molecular formula is C20H24N4O3. The number of hydrogen-bond acceptors (Lipinski definition) is 4. The zero-order valence-electron chi connectivity index (χ0n) is 15.3. The summed E-state index contributed by atoms with van der Waals surface area (Å²) in [5, 5.41) is 7.02. The lowest BCUT2D eigenvalue weighted by Crippen LogP contribution is -2.38. The number of ether oxygens (including phenoxy) is 1. The molecule has 2 amide bonds. The van der Waals surface area contributed by atoms with Crippen LogP contribution in [0.25, 0.3) is 0 Å². The van der Waals surface area contributed by atoms with E-state index in [9.17, 15) is 9.59 Å². The lowest BCUT2D eigenvalue weighted by molar-refractivity contribution is -0.134. The Labute approximate surface area is 158 Å². The Balaban J connectivity index is 1.32. The number of rotatable bonds is 4. The first-order valence-electron chi connectivity index (χ1n) is 9.52. The van der Waals surface area contributed by atoms with Gasteiger partial charge in [0.15, 0.2) is 6.61 Å². The van der Waals surface area contributed by atoms with E-state index in [0.29, 0.717) is 24.4 Å². The standard InChI is InChI=1S/C20H24N4O3/c25-19(23-9-2-1-3-10-23)14-27-17-6-4-15(5-7-17)20(26)24-11-8-18-16(13-24)12-21-22-18/h4-7,12H,1-3,8-11,13-14H2,(H,21,22). The van der Waals surface area contributed by atoms with Crippen LogP contribution in [0.5, 0.6) is 5.75 Å². The molecule has 0 aliphatic carbocycles. The molecule has 1 saturated heterocycles. The van der Waals surface area contributed by atoms with Crippen LogP contribution < -0.4 is 4.74 Å². The zero-order chi connectivity index (χ0) is 18.6. The third kappa shape index (κ3) is 3.97. The van der Waals surface area contributed by atoms with Crippen molar-refractivity contribution in [3.8, 4) is 5.75 Å². The number of aromatic amines is 1. The maximum Gasteiger partial charge on any atom is 0.260 e. The molecule has 1 aromatic heterocycles. The smallest absolute Gasteiger partial charge is 0.260 e. The molecule has 0 atom stereocenters. The number of carbonyl (C=O) groups excluding carboxylic acids is 2. The average molecular weight is 368 g/mol. The molecule has 0 unspecified atom stereocenters. The molecule has 2 aliphatic rings. The summed E-state index contributed by atoms with van der Waals surface area (Å²) in [5.41, 5.74) is 2.81. The second-order valence-corrected chi connectivity index (χ2v) is 7.11. The number of fused-ring (bicyclic) bond motifs is 1. The van der Waals surface area contributed by atoms with Crippen molar-refractivity contribution in [1.29, 1.82) is 0 Å². The number of aromatic nitrogens is 2. The first-order chi connectivity index (χ1) is 13.2. The molecule has 0 radical (unpaired) electrons. The van der Waals surface area contributed by atoms with E-state index in [4.69, 9.17) is 4.74 Å². The van der Waals surface area contributed by atoms with Gasteiger partial charge in [0.25, 0.3) is 11.8 Å². The first-order valence-corrected chi connectivity index (χ1v) is 9.52. The van der Waals surface area contributed by atoms with Gasteiger partial charge in [0.05, 0.1) is 6.20 Å². The van der Waals surface area contributed by atoms with Crippen LogP contribution in [0, 0.1) is 0 Å². The molecule has 7 heteroatoms. The van der Waals surface area contributed by atoms with Crippen molar-refractivity contribution in [1.82, 2.24) is 20.0 Å². The fourth-order valence-corrected chi connectivity index (χ4v) is 3.65. The highest BCUT2D eigenvalue weighted by Crippen LogP contribution is 2.20. The summed E-state index contributed by atoms with van der Waals surface area (Å²) in [6.07, 6.45) is 5.91. The van der Waals surface area contributed by atoms with Crippen molar-refractivity contribution in [2.75, 3.05) is 26.2 Å². The summed E-state index contributed by atoms with van der Waals surface area (Å²) in [7, 11) is 0. The number of benzene rings is 1. The Morgan fingerprint density at radius 1 is 1.04 bits per heavy atom. The van der Waals surface area contributed by atoms with E-state index in [1.165, 1.54) is 6.42 Å². The van der Waals surface area contributed by atoms with Gasteiger partial charge in [0, 0.05) is 49.4 Å². The second kappa shape index (κ2) is 7.82. The minimum absolute atomic E-state index is 0.00204. The second-order valence-electron chi connectivity index (χ2n) is 7.11. The highest BCUT2D eigenvalue weighted by atomic mass is 16.5. The van der Waals surface area contributed by atoms with Gasteiger partial charge in [-0.2, -0.15) is 5.10 Å². The molecule has 1 N–H and O–H groups in total. The summed E-state index contributed by atoms with van der Waals surface area (Å²) in [6.45, 7) is 2.94. The van der Waals surface area contributed by atoms with Crippen LogP contribution in [0.3, 0.4) is 0 Å². The van der Waals surface area contributed by atoms with Gasteiger partial charge in [-0.05, 0) is 43.5 Å². The van der Waals surface area contributed by atoms with Crippen LogP contribution in [0.15, 0.2) is 30.5 Å². The minimum Gasteiger partial charge on any atom is -0.484 e. The molecule has 7 nitrogen and oxygen atoms in total. The Morgan fingerprint density at radius 2 is 1.81 bits per heavy atom. The summed E-state index contributed by atoms with van der Waals surface area (Å²) < 4.78 is 5.61. The number of hydrogen-bond donors (Lipinski definition) is 1. The van der Waals surface area contributed by atoms with Gasteiger partial charge >= 0.3 is 0 Å². The molecule has 1 fully saturated rings. The topological polar surface area (TPSA) is 78.5 Å². The minimum atomic E-state index is -0.00204. The fourth-order valence-electron chi connectivity index (χ4n) is 3.65. The van der Waals surface area contributed by atoms with E-state index in [0.717, 1.165) is 43.6 Å². The molecule has 27 heavy (non-hydrogen) atoms. The van der Waals surface area contributed by atoms with Crippen LogP contribution >= 0.6 is 0 Å². The molecule has 142 valence electrons. The highest BCUT2D eigenvalue weighted by molar-refractivity contribution is 5.94. The Kier molecular flexibility index (Phi) is 5.09. The van der Waals surface area contributed by atoms with E-state index in [1.54, 1.807) is 30.5 Å². The maximum absolute atomic E-state index is 12.7. The summed E-state index contributed by atoms with van der Waals surface area (Å²) >= 11 is 0. The van der Waals surface area contributed by atoms with Crippen molar-refractivity contribution in [2.45, 2.75) is 32.2 Å². The van der Waals surface area contributed by atoms with E-state index < -0.39 is 0 Å². The largest absolute Gasteiger partial charge is 0.484 e. The third-order valence-corrected chi connectivity index (χ3v) is 5.26. The van der Waals surface area contributed by atoms with Gasteiger partial charge in [0.2, 0.25) is 0 Å². The Hall–Kier alpha value is -2.83. The van der Waals surface area contributed by atoms with Gasteiger partial charge in [0.1, 0.15) is 5.75 Å². The third-order valence-electron chi connectivity index (χ3n) is 5.26. The van der Waals surface area contributed by atoms with Crippen LogP contribution in [0.1, 0.15) is 40.9 Å². The van der Waals surface area contributed by atoms with Crippen molar-refractivity contribution in [3.63, 3.8) is 0 Å². The predicted molar refractivity (Wildman–Crippen MR) is 99.4 cm³/mol. The molecule has 4 rings (SSSR count). The van der Waals surface area contributed by atoms with Gasteiger partial charge in [-0.1, -0.05) is 0 Å². The summed E-state index contributed by atoms with van der Waals surface area (Å²) in [5.74, 6) is 0.629. The van der Waals surface area contributed by atoms with Crippen molar-refractivity contribution < 1.29 is 14.3 Å². The number of H-pyrrole nitrogens is 1. The quantitative estimate of drug-likeness (QED) is 0.895. The number of piperidine rings is 1. The Morgan fingerprint density at radius 3 is 2.59 bits per heavy atom. The Bertz CT molecular complexity index is 809. The molecular weight excluding hydrogens is 344 g/mol. The lowest BCUT2D eigenvalue weighted by atomic mass is 10.1. The van der Waals surface area contributed by atoms with Crippen molar-refractivity contribution in [3.05, 3.63) is 47.3 Å². The van der Waals surface area contributed by atoms with Crippen LogP contribution in [0.2, 0.25) is 0 Å². The molecule has 0 bridgehead atoms. The summed E-state index contributed by atoms with van der Waals surface area (Å²) in [4.78, 5) is 28.6. The van der Waals surface area contributed by atoms with Crippen molar-refractivity contribution in [2.24, 2.45) is 0 Å².